The number of fused-ring (bicyclic) bond motifs is 3. The summed E-state index contributed by atoms with van der Waals surface area (Å²) in [5, 5.41) is 10.4. The van der Waals surface area contributed by atoms with E-state index in [1.54, 1.807) is 23.4 Å². The van der Waals surface area contributed by atoms with E-state index in [1.165, 1.54) is 0 Å². The Morgan fingerprint density at radius 2 is 1.97 bits per heavy atom. The summed E-state index contributed by atoms with van der Waals surface area (Å²) in [6.07, 6.45) is 0.733. The maximum absolute atomic E-state index is 13.1. The first-order valence-electron chi connectivity index (χ1n) is 10.4. The Balaban J connectivity index is 1.76. The van der Waals surface area contributed by atoms with Crippen molar-refractivity contribution in [3.63, 3.8) is 0 Å². The van der Waals surface area contributed by atoms with Gasteiger partial charge in [0.15, 0.2) is 5.16 Å². The molecule has 162 valence electrons. The monoisotopic (exact) mass is 438 g/mol. The molecule has 0 aliphatic rings. The lowest BCUT2D eigenvalue weighted by atomic mass is 10.1. The molecule has 2 aromatic carbocycles. The van der Waals surface area contributed by atoms with E-state index in [-0.39, 0.29) is 10.8 Å². The molecule has 0 N–H and O–H groups in total. The van der Waals surface area contributed by atoms with E-state index in [9.17, 15) is 4.79 Å². The molecular formula is C23H26N4O3S. The number of thioether (sulfide) groups is 1. The Morgan fingerprint density at radius 3 is 2.77 bits per heavy atom. The Labute approximate surface area is 185 Å². The molecule has 2 aromatic heterocycles. The standard InChI is InChI=1S/C23H26N4O3S/c1-4-30-14-8-13-26-21(28)19-11-5-6-12-20(19)27-22(26)24-25-23(27)31-16(2)17-9-7-10-18(15-17)29-3/h5-7,9-12,15-16H,4,8,13-14H2,1-3H3. The van der Waals surface area contributed by atoms with E-state index in [2.05, 4.69) is 23.2 Å². The normalized spacial score (nSPS) is 12.5. The van der Waals surface area contributed by atoms with Gasteiger partial charge >= 0.3 is 0 Å². The highest BCUT2D eigenvalue weighted by atomic mass is 32.2. The van der Waals surface area contributed by atoms with Crippen molar-refractivity contribution in [3.8, 4) is 5.75 Å². The molecule has 1 unspecified atom stereocenters. The lowest BCUT2D eigenvalue weighted by molar-refractivity contribution is 0.141. The van der Waals surface area contributed by atoms with E-state index in [1.807, 2.05) is 53.8 Å². The molecule has 0 radical (unpaired) electrons. The van der Waals surface area contributed by atoms with Crippen molar-refractivity contribution in [1.29, 1.82) is 0 Å². The van der Waals surface area contributed by atoms with Crippen LogP contribution in [0.4, 0.5) is 0 Å². The SMILES string of the molecule is CCOCCCn1c(=O)c2ccccc2n2c(SC(C)c3cccc(OC)c3)nnc12. The molecule has 0 saturated carbocycles. The molecule has 0 amide bonds. The van der Waals surface area contributed by atoms with Gasteiger partial charge in [-0.2, -0.15) is 0 Å². The van der Waals surface area contributed by atoms with Crippen molar-refractivity contribution in [2.45, 2.75) is 37.2 Å². The van der Waals surface area contributed by atoms with Crippen molar-refractivity contribution in [2.24, 2.45) is 0 Å². The molecular weight excluding hydrogens is 412 g/mol. The minimum Gasteiger partial charge on any atom is -0.497 e. The molecule has 1 atom stereocenters. The average molecular weight is 439 g/mol. The number of benzene rings is 2. The maximum atomic E-state index is 13.1. The molecule has 0 saturated heterocycles. The van der Waals surface area contributed by atoms with Gasteiger partial charge in [0, 0.05) is 25.0 Å². The van der Waals surface area contributed by atoms with E-state index >= 15 is 0 Å². The van der Waals surface area contributed by atoms with Crippen molar-refractivity contribution >= 4 is 28.4 Å². The number of ether oxygens (including phenoxy) is 2. The van der Waals surface area contributed by atoms with E-state index < -0.39 is 0 Å². The van der Waals surface area contributed by atoms with Crippen LogP contribution in [0.15, 0.2) is 58.5 Å². The number of hydrogen-bond acceptors (Lipinski definition) is 6. The molecule has 4 aromatic rings. The molecule has 8 heteroatoms. The van der Waals surface area contributed by atoms with E-state index in [0.29, 0.717) is 30.9 Å². The van der Waals surface area contributed by atoms with Crippen LogP contribution in [0.5, 0.6) is 5.75 Å². The van der Waals surface area contributed by atoms with E-state index in [4.69, 9.17) is 9.47 Å². The topological polar surface area (TPSA) is 70.7 Å². The highest BCUT2D eigenvalue weighted by molar-refractivity contribution is 7.99. The number of para-hydroxylation sites is 1. The van der Waals surface area contributed by atoms with Crippen LogP contribution in [0.1, 0.15) is 31.1 Å². The molecule has 2 heterocycles. The maximum Gasteiger partial charge on any atom is 0.262 e. The number of aromatic nitrogens is 4. The van der Waals surface area contributed by atoms with Gasteiger partial charge in [-0.25, -0.2) is 0 Å². The van der Waals surface area contributed by atoms with Gasteiger partial charge in [-0.1, -0.05) is 36.0 Å². The minimum atomic E-state index is -0.0515. The number of methoxy groups -OCH3 is 1. The number of hydrogen-bond donors (Lipinski definition) is 0. The predicted octanol–water partition coefficient (Wildman–Crippen LogP) is 4.33. The third-order valence-corrected chi connectivity index (χ3v) is 6.30. The van der Waals surface area contributed by atoms with Gasteiger partial charge < -0.3 is 9.47 Å². The molecule has 0 fully saturated rings. The Kier molecular flexibility index (Phi) is 6.58. The molecule has 4 rings (SSSR count). The second-order valence-corrected chi connectivity index (χ2v) is 8.49. The van der Waals surface area contributed by atoms with Gasteiger partial charge in [-0.15, -0.1) is 10.2 Å². The van der Waals surface area contributed by atoms with Crippen LogP contribution in [-0.4, -0.2) is 39.5 Å². The van der Waals surface area contributed by atoms with Crippen molar-refractivity contribution in [3.05, 3.63) is 64.4 Å². The molecule has 31 heavy (non-hydrogen) atoms. The molecule has 0 bridgehead atoms. The Bertz CT molecular complexity index is 1250. The van der Waals surface area contributed by atoms with Crippen LogP contribution >= 0.6 is 11.8 Å². The first-order chi connectivity index (χ1) is 15.1. The van der Waals surface area contributed by atoms with Crippen molar-refractivity contribution in [1.82, 2.24) is 19.2 Å². The summed E-state index contributed by atoms with van der Waals surface area (Å²) in [5.41, 5.74) is 1.90. The van der Waals surface area contributed by atoms with Gasteiger partial charge in [0.25, 0.3) is 5.56 Å². The molecule has 0 spiro atoms. The lowest BCUT2D eigenvalue weighted by Crippen LogP contribution is -2.24. The summed E-state index contributed by atoms with van der Waals surface area (Å²) in [4.78, 5) is 13.1. The Morgan fingerprint density at radius 1 is 1.13 bits per heavy atom. The van der Waals surface area contributed by atoms with Gasteiger partial charge in [0.2, 0.25) is 5.78 Å². The average Bonchev–Trinajstić information content (AvgIpc) is 3.22. The van der Waals surface area contributed by atoms with Crippen LogP contribution < -0.4 is 10.3 Å². The smallest absolute Gasteiger partial charge is 0.262 e. The number of aryl methyl sites for hydroxylation is 1. The van der Waals surface area contributed by atoms with E-state index in [0.717, 1.165) is 28.4 Å². The summed E-state index contributed by atoms with van der Waals surface area (Å²) < 4.78 is 14.5. The molecule has 0 aliphatic carbocycles. The highest BCUT2D eigenvalue weighted by Crippen LogP contribution is 2.35. The van der Waals surface area contributed by atoms with Crippen molar-refractivity contribution < 1.29 is 9.47 Å². The van der Waals surface area contributed by atoms with Gasteiger partial charge in [0.1, 0.15) is 5.75 Å². The first kappa shape index (κ1) is 21.4. The summed E-state index contributed by atoms with van der Waals surface area (Å²) in [5.74, 6) is 1.38. The fourth-order valence-electron chi connectivity index (χ4n) is 3.60. The fraction of sp³-hybridized carbons (Fsp3) is 0.348. The fourth-order valence-corrected chi connectivity index (χ4v) is 4.57. The van der Waals surface area contributed by atoms with Crippen LogP contribution in [-0.2, 0) is 11.3 Å². The zero-order chi connectivity index (χ0) is 21.8. The third-order valence-electron chi connectivity index (χ3n) is 5.20. The summed E-state index contributed by atoms with van der Waals surface area (Å²) in [6.45, 7) is 5.88. The van der Waals surface area contributed by atoms with Crippen LogP contribution in [0.2, 0.25) is 0 Å². The van der Waals surface area contributed by atoms with Crippen LogP contribution in [0.25, 0.3) is 16.7 Å². The van der Waals surface area contributed by atoms with Crippen LogP contribution in [0, 0.1) is 0 Å². The van der Waals surface area contributed by atoms with Crippen LogP contribution in [0.3, 0.4) is 0 Å². The summed E-state index contributed by atoms with van der Waals surface area (Å²) in [7, 11) is 1.67. The predicted molar refractivity (Wildman–Crippen MR) is 123 cm³/mol. The quantitative estimate of drug-likeness (QED) is 0.286. The number of nitrogens with zero attached hydrogens (tertiary/aromatic N) is 4. The third kappa shape index (κ3) is 4.31. The Hall–Kier alpha value is -2.84. The zero-order valence-electron chi connectivity index (χ0n) is 17.9. The molecule has 7 nitrogen and oxygen atoms in total. The van der Waals surface area contributed by atoms with Gasteiger partial charge in [-0.05, 0) is 50.1 Å². The highest BCUT2D eigenvalue weighted by Gasteiger charge is 2.19. The van der Waals surface area contributed by atoms with Gasteiger partial charge in [-0.3, -0.25) is 13.8 Å². The lowest BCUT2D eigenvalue weighted by Gasteiger charge is -2.14. The van der Waals surface area contributed by atoms with Crippen molar-refractivity contribution in [2.75, 3.05) is 20.3 Å². The zero-order valence-corrected chi connectivity index (χ0v) is 18.8. The second kappa shape index (κ2) is 9.53. The second-order valence-electron chi connectivity index (χ2n) is 7.18. The number of rotatable bonds is 9. The summed E-state index contributed by atoms with van der Waals surface area (Å²) in [6, 6.07) is 15.6. The minimum absolute atomic E-state index is 0.0515. The largest absolute Gasteiger partial charge is 0.497 e. The summed E-state index contributed by atoms with van der Waals surface area (Å²) >= 11 is 1.61. The molecule has 0 aliphatic heterocycles. The first-order valence-corrected chi connectivity index (χ1v) is 11.3. The van der Waals surface area contributed by atoms with Gasteiger partial charge in [0.05, 0.1) is 18.0 Å².